The summed E-state index contributed by atoms with van der Waals surface area (Å²) < 4.78 is 19.7. The molecule has 1 atom stereocenters. The molecule has 3 N–H and O–H groups in total. The number of aryl methyl sites for hydroxylation is 1. The fourth-order valence-electron chi connectivity index (χ4n) is 4.87. The van der Waals surface area contributed by atoms with Crippen LogP contribution in [-0.2, 0) is 16.1 Å². The lowest BCUT2D eigenvalue weighted by Crippen LogP contribution is -2.40. The monoisotopic (exact) mass is 553 g/mol. The first-order valence-corrected chi connectivity index (χ1v) is 13.2. The maximum absolute atomic E-state index is 14.3. The smallest absolute Gasteiger partial charge is 0.254 e. The van der Waals surface area contributed by atoms with Crippen molar-refractivity contribution < 1.29 is 23.8 Å². The third kappa shape index (κ3) is 6.03. The van der Waals surface area contributed by atoms with Crippen LogP contribution in [-0.4, -0.2) is 64.2 Å². The molecule has 3 aromatic rings. The Morgan fingerprint density at radius 3 is 2.82 bits per heavy atom. The highest BCUT2D eigenvalue weighted by Crippen LogP contribution is 2.32. The summed E-state index contributed by atoms with van der Waals surface area (Å²) in [7, 11) is 0. The van der Waals surface area contributed by atoms with Gasteiger partial charge in [-0.3, -0.25) is 9.59 Å². The summed E-state index contributed by atoms with van der Waals surface area (Å²) in [5, 5.41) is 16.1. The number of carbonyl (C=O) groups is 2. The number of halogens is 2. The van der Waals surface area contributed by atoms with Gasteiger partial charge in [-0.1, -0.05) is 41.4 Å². The molecule has 0 radical (unpaired) electrons. The summed E-state index contributed by atoms with van der Waals surface area (Å²) in [6, 6.07) is 9.16. The average molecular weight is 554 g/mol. The molecule has 2 aliphatic heterocycles. The molecule has 2 aliphatic rings. The van der Waals surface area contributed by atoms with Crippen LogP contribution in [0.5, 0.6) is 0 Å². The van der Waals surface area contributed by atoms with Gasteiger partial charge in [0, 0.05) is 42.5 Å². The van der Waals surface area contributed by atoms with E-state index in [1.54, 1.807) is 25.1 Å². The predicted molar refractivity (Wildman–Crippen MR) is 144 cm³/mol. The lowest BCUT2D eigenvalue weighted by atomic mass is 10.0. The Bertz CT molecular complexity index is 1400. The zero-order chi connectivity index (χ0) is 27.5. The van der Waals surface area contributed by atoms with Crippen LogP contribution in [0.15, 0.2) is 42.6 Å². The Morgan fingerprint density at radius 1 is 1.26 bits per heavy atom. The molecule has 1 fully saturated rings. The molecule has 5 rings (SSSR count). The predicted octanol–water partition coefficient (Wildman–Crippen LogP) is 3.64. The molecular weight excluding hydrogens is 525 g/mol. The summed E-state index contributed by atoms with van der Waals surface area (Å²) in [6.07, 6.45) is 3.25. The van der Waals surface area contributed by atoms with Gasteiger partial charge in [0.25, 0.3) is 5.91 Å². The Labute approximate surface area is 230 Å². The first kappa shape index (κ1) is 27.0. The molecule has 0 spiro atoms. The van der Waals surface area contributed by atoms with Crippen molar-refractivity contribution in [3.63, 3.8) is 0 Å². The van der Waals surface area contributed by atoms with Crippen molar-refractivity contribution in [2.75, 3.05) is 31.7 Å². The van der Waals surface area contributed by atoms with E-state index >= 15 is 0 Å². The summed E-state index contributed by atoms with van der Waals surface area (Å²) in [5.74, 6) is -0.879. The number of aliphatic hydroxyl groups is 1. The van der Waals surface area contributed by atoms with Crippen LogP contribution in [0.25, 0.3) is 11.3 Å². The molecule has 2 amide bonds. The molecule has 1 saturated heterocycles. The number of rotatable bonds is 8. The number of amides is 2. The molecule has 0 bridgehead atoms. The van der Waals surface area contributed by atoms with E-state index < -0.39 is 24.4 Å². The van der Waals surface area contributed by atoms with E-state index in [0.29, 0.717) is 41.0 Å². The van der Waals surface area contributed by atoms with Crippen LogP contribution < -0.4 is 10.6 Å². The highest BCUT2D eigenvalue weighted by atomic mass is 35.5. The summed E-state index contributed by atoms with van der Waals surface area (Å²) in [6.45, 7) is 2.70. The fraction of sp³-hybridized carbons (Fsp3) is 0.357. The largest absolute Gasteiger partial charge is 0.394 e. The molecule has 3 heterocycles. The summed E-state index contributed by atoms with van der Waals surface area (Å²) in [5.41, 5.74) is 3.38. The number of carbonyl (C=O) groups excluding carboxylic acids is 2. The molecule has 9 nitrogen and oxygen atoms in total. The number of hydrogen-bond donors (Lipinski definition) is 3. The van der Waals surface area contributed by atoms with E-state index in [0.717, 1.165) is 24.0 Å². The van der Waals surface area contributed by atoms with E-state index in [1.165, 1.54) is 17.2 Å². The first-order valence-electron chi connectivity index (χ1n) is 12.8. The van der Waals surface area contributed by atoms with Gasteiger partial charge in [0.05, 0.1) is 29.6 Å². The van der Waals surface area contributed by atoms with Gasteiger partial charge in [-0.25, -0.2) is 14.4 Å². The first-order chi connectivity index (χ1) is 18.8. The number of aromatic nitrogens is 2. The molecule has 0 saturated carbocycles. The van der Waals surface area contributed by atoms with E-state index in [9.17, 15) is 19.1 Å². The van der Waals surface area contributed by atoms with Gasteiger partial charge in [0.15, 0.2) is 0 Å². The highest BCUT2D eigenvalue weighted by molar-refractivity contribution is 6.33. The topological polar surface area (TPSA) is 117 Å². The maximum Gasteiger partial charge on any atom is 0.254 e. The zero-order valence-corrected chi connectivity index (χ0v) is 22.2. The number of nitrogens with zero attached hydrogens (tertiary/aromatic N) is 3. The molecule has 1 aromatic heterocycles. The van der Waals surface area contributed by atoms with Crippen LogP contribution in [0, 0.1) is 12.7 Å². The fourth-order valence-corrected chi connectivity index (χ4v) is 5.07. The number of fused-ring (bicyclic) bond motifs is 1. The lowest BCUT2D eigenvalue weighted by Gasteiger charge is -2.23. The number of benzene rings is 2. The van der Waals surface area contributed by atoms with Crippen LogP contribution in [0.4, 0.5) is 10.3 Å². The molecule has 204 valence electrons. The second kappa shape index (κ2) is 11.6. The SMILES string of the molecule is Cc1ccc(F)c(C(CO)NC(=O)CN2Cc3ccc(-c4nc(NC5CCOCC5)ncc4Cl)cc3C2=O)c1. The molecule has 0 aliphatic carbocycles. The Morgan fingerprint density at radius 2 is 2.05 bits per heavy atom. The van der Waals surface area contributed by atoms with Gasteiger partial charge in [0.1, 0.15) is 12.4 Å². The number of ether oxygens (including phenoxy) is 1. The van der Waals surface area contributed by atoms with Gasteiger partial charge in [-0.05, 0) is 37.5 Å². The third-order valence-corrected chi connectivity index (χ3v) is 7.22. The van der Waals surface area contributed by atoms with E-state index in [1.807, 2.05) is 12.1 Å². The standard InChI is InChI=1S/C28H29ClFN5O4/c1-16-2-5-23(30)21(10-16)24(15-36)33-25(37)14-35-13-18-4-3-17(11-20(18)27(35)38)26-22(29)12-31-28(34-26)32-19-6-8-39-9-7-19/h2-5,10-12,19,24,36H,6-9,13-15H2,1H3,(H,33,37)(H,31,32,34). The van der Waals surface area contributed by atoms with E-state index in [4.69, 9.17) is 16.3 Å². The summed E-state index contributed by atoms with van der Waals surface area (Å²) in [4.78, 5) is 36.3. The molecule has 11 heteroatoms. The van der Waals surface area contributed by atoms with Crippen molar-refractivity contribution in [3.8, 4) is 11.3 Å². The van der Waals surface area contributed by atoms with Gasteiger partial charge < -0.3 is 25.4 Å². The molecule has 1 unspecified atom stereocenters. The van der Waals surface area contributed by atoms with Crippen molar-refractivity contribution in [2.24, 2.45) is 0 Å². The molecular formula is C28H29ClFN5O4. The van der Waals surface area contributed by atoms with Crippen LogP contribution in [0.3, 0.4) is 0 Å². The average Bonchev–Trinajstić information content (AvgIpc) is 3.24. The van der Waals surface area contributed by atoms with Crippen LogP contribution >= 0.6 is 11.6 Å². The Hall–Kier alpha value is -3.60. The van der Waals surface area contributed by atoms with Crippen LogP contribution in [0.2, 0.25) is 5.02 Å². The van der Waals surface area contributed by atoms with E-state index in [-0.39, 0.29) is 30.6 Å². The third-order valence-electron chi connectivity index (χ3n) is 6.94. The van der Waals surface area contributed by atoms with Gasteiger partial charge in [-0.2, -0.15) is 0 Å². The highest BCUT2D eigenvalue weighted by Gasteiger charge is 2.30. The zero-order valence-electron chi connectivity index (χ0n) is 21.4. The van der Waals surface area contributed by atoms with Gasteiger partial charge in [0.2, 0.25) is 11.9 Å². The number of hydrogen-bond acceptors (Lipinski definition) is 7. The second-order valence-electron chi connectivity index (χ2n) is 9.78. The van der Waals surface area contributed by atoms with Crippen molar-refractivity contribution in [1.29, 1.82) is 0 Å². The minimum Gasteiger partial charge on any atom is -0.394 e. The van der Waals surface area contributed by atoms with Crippen LogP contribution in [0.1, 0.15) is 45.9 Å². The van der Waals surface area contributed by atoms with Crippen molar-refractivity contribution in [2.45, 2.75) is 38.4 Å². The normalized spacial score (nSPS) is 16.2. The minimum absolute atomic E-state index is 0.193. The van der Waals surface area contributed by atoms with Crippen molar-refractivity contribution >= 4 is 29.4 Å². The molecule has 2 aromatic carbocycles. The Kier molecular flexibility index (Phi) is 8.06. The minimum atomic E-state index is -0.923. The van der Waals surface area contributed by atoms with Gasteiger partial charge >= 0.3 is 0 Å². The quantitative estimate of drug-likeness (QED) is 0.390. The lowest BCUT2D eigenvalue weighted by molar-refractivity contribution is -0.122. The van der Waals surface area contributed by atoms with E-state index in [2.05, 4.69) is 20.6 Å². The summed E-state index contributed by atoms with van der Waals surface area (Å²) >= 11 is 6.42. The maximum atomic E-state index is 14.3. The van der Waals surface area contributed by atoms with Gasteiger partial charge in [-0.15, -0.1) is 0 Å². The second-order valence-corrected chi connectivity index (χ2v) is 10.2. The number of nitrogens with one attached hydrogen (secondary N) is 2. The Balaban J connectivity index is 1.28. The number of anilines is 1. The molecule has 39 heavy (non-hydrogen) atoms. The van der Waals surface area contributed by atoms with Crippen molar-refractivity contribution in [1.82, 2.24) is 20.2 Å². The van der Waals surface area contributed by atoms with Crippen molar-refractivity contribution in [3.05, 3.63) is 75.7 Å². The number of aliphatic hydroxyl groups excluding tert-OH is 1.